The van der Waals surface area contributed by atoms with Crippen LogP contribution in [0.25, 0.3) is 0 Å². The molecule has 0 amide bonds. The second-order valence-corrected chi connectivity index (χ2v) is 3.91. The highest BCUT2D eigenvalue weighted by Crippen LogP contribution is 2.27. The number of isocyanates is 1. The van der Waals surface area contributed by atoms with Crippen molar-refractivity contribution >= 4 is 17.5 Å². The molecule has 7 heteroatoms. The third-order valence-corrected chi connectivity index (χ3v) is 2.50. The van der Waals surface area contributed by atoms with Crippen LogP contribution in [0.5, 0.6) is 11.5 Å². The lowest BCUT2D eigenvalue weighted by Crippen LogP contribution is -1.92. The standard InChI is InChI=1S/C8H6FNO2.C7H8FNO/c1-12-8-4-6(9)2-3-7(8)10-5-11;1-10-7-4-5(8)2-3-6(7)9/h2-4H,1H3;2-4H,9H2,1H3. The molecule has 0 aliphatic rings. The van der Waals surface area contributed by atoms with Gasteiger partial charge in [0.1, 0.15) is 28.8 Å². The number of benzene rings is 2. The highest BCUT2D eigenvalue weighted by Gasteiger charge is 2.02. The van der Waals surface area contributed by atoms with Gasteiger partial charge in [0.15, 0.2) is 0 Å². The van der Waals surface area contributed by atoms with E-state index in [0.29, 0.717) is 11.4 Å². The summed E-state index contributed by atoms with van der Waals surface area (Å²) in [5.74, 6) is -0.180. The number of nitrogens with two attached hydrogens (primary N) is 1. The van der Waals surface area contributed by atoms with Crippen LogP contribution < -0.4 is 15.2 Å². The van der Waals surface area contributed by atoms with Gasteiger partial charge in [-0.15, -0.1) is 0 Å². The lowest BCUT2D eigenvalue weighted by atomic mass is 10.3. The minimum Gasteiger partial charge on any atom is -0.494 e. The van der Waals surface area contributed by atoms with E-state index in [4.69, 9.17) is 15.2 Å². The van der Waals surface area contributed by atoms with Gasteiger partial charge in [0.25, 0.3) is 0 Å². The van der Waals surface area contributed by atoms with Gasteiger partial charge >= 0.3 is 0 Å². The van der Waals surface area contributed by atoms with Crippen molar-refractivity contribution < 1.29 is 23.0 Å². The summed E-state index contributed by atoms with van der Waals surface area (Å²) in [6.07, 6.45) is 1.35. The Morgan fingerprint density at radius 1 is 1.00 bits per heavy atom. The fourth-order valence-corrected chi connectivity index (χ4v) is 1.48. The third kappa shape index (κ3) is 4.88. The molecule has 0 fully saturated rings. The first-order valence-corrected chi connectivity index (χ1v) is 6.02. The van der Waals surface area contributed by atoms with Gasteiger partial charge in [0, 0.05) is 12.1 Å². The second kappa shape index (κ2) is 8.39. The van der Waals surface area contributed by atoms with E-state index in [0.717, 1.165) is 6.07 Å². The lowest BCUT2D eigenvalue weighted by molar-refractivity contribution is 0.412. The van der Waals surface area contributed by atoms with E-state index in [9.17, 15) is 13.6 Å². The predicted molar refractivity (Wildman–Crippen MR) is 78.1 cm³/mol. The van der Waals surface area contributed by atoms with Crippen molar-refractivity contribution in [2.75, 3.05) is 20.0 Å². The Hall–Kier alpha value is -2.92. The van der Waals surface area contributed by atoms with E-state index in [1.807, 2.05) is 0 Å². The smallest absolute Gasteiger partial charge is 0.240 e. The van der Waals surface area contributed by atoms with Crippen LogP contribution in [0.1, 0.15) is 0 Å². The van der Waals surface area contributed by atoms with Crippen LogP contribution in [0.15, 0.2) is 41.4 Å². The van der Waals surface area contributed by atoms with Gasteiger partial charge in [0.05, 0.1) is 19.9 Å². The fourth-order valence-electron chi connectivity index (χ4n) is 1.48. The first kappa shape index (κ1) is 17.1. The summed E-state index contributed by atoms with van der Waals surface area (Å²) in [5, 5.41) is 0. The Balaban J connectivity index is 0.000000224. The van der Waals surface area contributed by atoms with E-state index in [2.05, 4.69) is 4.99 Å². The average Bonchev–Trinajstić information content (AvgIpc) is 2.52. The minimum absolute atomic E-state index is 0.221. The summed E-state index contributed by atoms with van der Waals surface area (Å²) in [6, 6.07) is 7.69. The molecule has 0 atom stereocenters. The molecule has 0 saturated carbocycles. The first-order chi connectivity index (χ1) is 10.5. The highest BCUT2D eigenvalue weighted by molar-refractivity contribution is 5.57. The summed E-state index contributed by atoms with van der Waals surface area (Å²) in [6.45, 7) is 0. The molecule has 0 aliphatic carbocycles. The Kier molecular flexibility index (Phi) is 6.53. The molecular formula is C15H14F2N2O3. The maximum atomic E-state index is 12.6. The zero-order valence-corrected chi connectivity index (χ0v) is 12.0. The van der Waals surface area contributed by atoms with Crippen molar-refractivity contribution in [3.8, 4) is 11.5 Å². The Morgan fingerprint density at radius 2 is 1.55 bits per heavy atom. The zero-order valence-electron chi connectivity index (χ0n) is 12.0. The number of ether oxygens (including phenoxy) is 2. The van der Waals surface area contributed by atoms with Crippen LogP contribution in [-0.4, -0.2) is 20.3 Å². The van der Waals surface area contributed by atoms with Crippen LogP contribution in [0.3, 0.4) is 0 Å². The van der Waals surface area contributed by atoms with Gasteiger partial charge in [0.2, 0.25) is 6.08 Å². The molecule has 0 aliphatic heterocycles. The summed E-state index contributed by atoms with van der Waals surface area (Å²) in [4.78, 5) is 13.2. The lowest BCUT2D eigenvalue weighted by Gasteiger charge is -2.01. The number of hydrogen-bond donors (Lipinski definition) is 1. The molecule has 0 radical (unpaired) electrons. The molecule has 0 heterocycles. The van der Waals surface area contributed by atoms with Crippen LogP contribution in [0.2, 0.25) is 0 Å². The van der Waals surface area contributed by atoms with Crippen molar-refractivity contribution in [3.63, 3.8) is 0 Å². The molecule has 2 aromatic rings. The molecule has 0 unspecified atom stereocenters. The van der Waals surface area contributed by atoms with Gasteiger partial charge in [-0.1, -0.05) is 0 Å². The maximum Gasteiger partial charge on any atom is 0.240 e. The van der Waals surface area contributed by atoms with Gasteiger partial charge < -0.3 is 15.2 Å². The number of halogens is 2. The Bertz CT molecular complexity index is 686. The van der Waals surface area contributed by atoms with Crippen molar-refractivity contribution in [2.45, 2.75) is 0 Å². The number of hydrogen-bond acceptors (Lipinski definition) is 5. The van der Waals surface area contributed by atoms with Crippen molar-refractivity contribution in [2.24, 2.45) is 4.99 Å². The summed E-state index contributed by atoms with van der Waals surface area (Å²) in [5.41, 5.74) is 6.13. The number of rotatable bonds is 3. The summed E-state index contributed by atoms with van der Waals surface area (Å²) >= 11 is 0. The Morgan fingerprint density at radius 3 is 2.05 bits per heavy atom. The SMILES string of the molecule is COc1cc(F)ccc1N.COc1cc(F)ccc1N=C=O. The van der Waals surface area contributed by atoms with E-state index in [1.165, 1.54) is 50.6 Å². The van der Waals surface area contributed by atoms with Crippen molar-refractivity contribution in [3.05, 3.63) is 48.0 Å². The highest BCUT2D eigenvalue weighted by atomic mass is 19.1. The predicted octanol–water partition coefficient (Wildman–Crippen LogP) is 3.22. The largest absolute Gasteiger partial charge is 0.494 e. The van der Waals surface area contributed by atoms with Gasteiger partial charge in [-0.2, -0.15) is 4.99 Å². The molecular weight excluding hydrogens is 294 g/mol. The normalized spacial score (nSPS) is 9.09. The molecule has 22 heavy (non-hydrogen) atoms. The van der Waals surface area contributed by atoms with Gasteiger partial charge in [-0.25, -0.2) is 13.6 Å². The van der Waals surface area contributed by atoms with Crippen molar-refractivity contribution in [1.29, 1.82) is 0 Å². The first-order valence-electron chi connectivity index (χ1n) is 6.02. The Labute approximate surface area is 126 Å². The van der Waals surface area contributed by atoms with Gasteiger partial charge in [-0.05, 0) is 24.3 Å². The molecule has 0 saturated heterocycles. The molecule has 5 nitrogen and oxygen atoms in total. The van der Waals surface area contributed by atoms with E-state index in [1.54, 1.807) is 0 Å². The number of nitrogens with zero attached hydrogens (tertiary/aromatic N) is 1. The molecule has 0 bridgehead atoms. The van der Waals surface area contributed by atoms with Crippen LogP contribution in [0, 0.1) is 11.6 Å². The number of aliphatic imine (C=N–C) groups is 1. The molecule has 116 valence electrons. The minimum atomic E-state index is -0.434. The van der Waals surface area contributed by atoms with Crippen LogP contribution in [0.4, 0.5) is 20.2 Å². The van der Waals surface area contributed by atoms with E-state index < -0.39 is 5.82 Å². The molecule has 2 aromatic carbocycles. The van der Waals surface area contributed by atoms with Crippen LogP contribution >= 0.6 is 0 Å². The quantitative estimate of drug-likeness (QED) is 0.537. The van der Waals surface area contributed by atoms with E-state index in [-0.39, 0.29) is 17.3 Å². The molecule has 2 rings (SSSR count). The van der Waals surface area contributed by atoms with E-state index >= 15 is 0 Å². The number of anilines is 1. The monoisotopic (exact) mass is 308 g/mol. The maximum absolute atomic E-state index is 12.6. The molecule has 0 aromatic heterocycles. The van der Waals surface area contributed by atoms with Crippen molar-refractivity contribution in [1.82, 2.24) is 0 Å². The molecule has 2 N–H and O–H groups in total. The second-order valence-electron chi connectivity index (χ2n) is 3.91. The summed E-state index contributed by atoms with van der Waals surface area (Å²) in [7, 11) is 2.82. The number of carbonyl (C=O) groups excluding carboxylic acids is 1. The zero-order chi connectivity index (χ0) is 16.5. The summed E-state index contributed by atoms with van der Waals surface area (Å²) < 4.78 is 34.5. The third-order valence-electron chi connectivity index (χ3n) is 2.50. The number of methoxy groups -OCH3 is 2. The molecule has 0 spiro atoms. The fraction of sp³-hybridized carbons (Fsp3) is 0.133. The van der Waals surface area contributed by atoms with Crippen LogP contribution in [-0.2, 0) is 4.79 Å². The average molecular weight is 308 g/mol. The van der Waals surface area contributed by atoms with Gasteiger partial charge in [-0.3, -0.25) is 0 Å². The number of nitrogen functional groups attached to an aromatic ring is 1. The topological polar surface area (TPSA) is 73.9 Å².